The third-order valence-electron chi connectivity index (χ3n) is 5.54. The number of carbonyl (C=O) groups is 2. The van der Waals surface area contributed by atoms with Gasteiger partial charge in [-0.05, 0) is 53.8 Å². The number of pyridine rings is 1. The number of hydrogen-bond donors (Lipinski definition) is 1. The zero-order valence-corrected chi connectivity index (χ0v) is 18.5. The van der Waals surface area contributed by atoms with Crippen molar-refractivity contribution in [2.45, 2.75) is 33.0 Å². The molecule has 32 heavy (non-hydrogen) atoms. The van der Waals surface area contributed by atoms with Crippen molar-refractivity contribution >= 4 is 29.5 Å². The van der Waals surface area contributed by atoms with Crippen molar-refractivity contribution in [3.8, 4) is 0 Å². The van der Waals surface area contributed by atoms with Gasteiger partial charge in [0.15, 0.2) is 0 Å². The highest BCUT2D eigenvalue weighted by atomic mass is 35.5. The first-order chi connectivity index (χ1) is 15.5. The van der Waals surface area contributed by atoms with Gasteiger partial charge in [-0.25, -0.2) is 4.98 Å². The lowest BCUT2D eigenvalue weighted by Crippen LogP contribution is -2.36. The molecule has 2 aromatic heterocycles. The smallest absolute Gasteiger partial charge is 0.246 e. The van der Waals surface area contributed by atoms with Gasteiger partial charge in [0, 0.05) is 55.0 Å². The lowest BCUT2D eigenvalue weighted by molar-refractivity contribution is -0.126. The summed E-state index contributed by atoms with van der Waals surface area (Å²) in [7, 11) is 0. The Morgan fingerprint density at radius 3 is 2.81 bits per heavy atom. The number of aryl methyl sites for hydroxylation is 1. The van der Waals surface area contributed by atoms with E-state index in [0.29, 0.717) is 24.7 Å². The van der Waals surface area contributed by atoms with Crippen LogP contribution in [0.3, 0.4) is 0 Å². The van der Waals surface area contributed by atoms with Crippen LogP contribution in [0.2, 0.25) is 5.02 Å². The SMILES string of the molecule is Cc1ncc2c(c1CNC(=O)Cn1ccnc1)CCN(C(=O)/C=C/c1ccc(Cl)cc1)C2. The van der Waals surface area contributed by atoms with E-state index in [1.807, 2.05) is 30.2 Å². The molecule has 1 aliphatic heterocycles. The highest BCUT2D eigenvalue weighted by molar-refractivity contribution is 6.30. The largest absolute Gasteiger partial charge is 0.350 e. The van der Waals surface area contributed by atoms with Crippen LogP contribution < -0.4 is 5.32 Å². The second kappa shape index (κ2) is 9.78. The highest BCUT2D eigenvalue weighted by Gasteiger charge is 2.23. The molecule has 0 saturated carbocycles. The van der Waals surface area contributed by atoms with E-state index >= 15 is 0 Å². The minimum Gasteiger partial charge on any atom is -0.350 e. The van der Waals surface area contributed by atoms with Crippen molar-refractivity contribution in [3.63, 3.8) is 0 Å². The number of hydrogen-bond acceptors (Lipinski definition) is 4. The quantitative estimate of drug-likeness (QED) is 0.586. The number of rotatable bonds is 6. The number of amides is 2. The Balaban J connectivity index is 1.40. The summed E-state index contributed by atoms with van der Waals surface area (Å²) >= 11 is 5.91. The second-order valence-corrected chi connectivity index (χ2v) is 8.17. The molecule has 3 aromatic rings. The molecular formula is C24H24ClN5O2. The molecular weight excluding hydrogens is 426 g/mol. The Labute approximate surface area is 191 Å². The maximum atomic E-state index is 12.7. The third-order valence-corrected chi connectivity index (χ3v) is 5.80. The van der Waals surface area contributed by atoms with Gasteiger partial charge in [-0.15, -0.1) is 0 Å². The second-order valence-electron chi connectivity index (χ2n) is 7.73. The first-order valence-electron chi connectivity index (χ1n) is 10.4. The molecule has 0 aliphatic carbocycles. The number of carbonyl (C=O) groups excluding carboxylic acids is 2. The molecule has 1 N–H and O–H groups in total. The van der Waals surface area contributed by atoms with Crippen LogP contribution >= 0.6 is 11.6 Å². The molecule has 0 saturated heterocycles. The Bertz CT molecular complexity index is 1140. The Morgan fingerprint density at radius 2 is 2.06 bits per heavy atom. The Kier molecular flexibility index (Phi) is 6.66. The summed E-state index contributed by atoms with van der Waals surface area (Å²) in [6, 6.07) is 7.34. The van der Waals surface area contributed by atoms with Gasteiger partial charge in [0.1, 0.15) is 6.54 Å². The lowest BCUT2D eigenvalue weighted by atomic mass is 9.94. The van der Waals surface area contributed by atoms with Crippen LogP contribution in [-0.4, -0.2) is 37.8 Å². The van der Waals surface area contributed by atoms with Crippen molar-refractivity contribution in [2.24, 2.45) is 0 Å². The predicted octanol–water partition coefficient (Wildman–Crippen LogP) is 3.15. The topological polar surface area (TPSA) is 80.1 Å². The molecule has 0 atom stereocenters. The zero-order valence-electron chi connectivity index (χ0n) is 17.8. The summed E-state index contributed by atoms with van der Waals surface area (Å²) in [6.45, 7) is 3.71. The predicted molar refractivity (Wildman–Crippen MR) is 123 cm³/mol. The van der Waals surface area contributed by atoms with Gasteiger partial charge < -0.3 is 14.8 Å². The van der Waals surface area contributed by atoms with Crippen LogP contribution in [0.5, 0.6) is 0 Å². The van der Waals surface area contributed by atoms with E-state index in [2.05, 4.69) is 15.3 Å². The molecule has 1 aliphatic rings. The molecule has 0 bridgehead atoms. The summed E-state index contributed by atoms with van der Waals surface area (Å²) in [4.78, 5) is 35.2. The molecule has 3 heterocycles. The van der Waals surface area contributed by atoms with Crippen LogP contribution in [0.15, 0.2) is 55.3 Å². The van der Waals surface area contributed by atoms with Crippen LogP contribution in [0, 0.1) is 6.92 Å². The van der Waals surface area contributed by atoms with Gasteiger partial charge in [-0.3, -0.25) is 14.6 Å². The molecule has 0 unspecified atom stereocenters. The first kappa shape index (κ1) is 21.8. The summed E-state index contributed by atoms with van der Waals surface area (Å²) in [6.07, 6.45) is 11.0. The maximum Gasteiger partial charge on any atom is 0.246 e. The summed E-state index contributed by atoms with van der Waals surface area (Å²) < 4.78 is 1.72. The van der Waals surface area contributed by atoms with Crippen molar-refractivity contribution in [1.29, 1.82) is 0 Å². The van der Waals surface area contributed by atoms with Gasteiger partial charge in [-0.2, -0.15) is 0 Å². The van der Waals surface area contributed by atoms with E-state index in [1.54, 1.807) is 47.6 Å². The first-order valence-corrected chi connectivity index (χ1v) is 10.8. The van der Waals surface area contributed by atoms with Crippen molar-refractivity contribution in [3.05, 3.63) is 88.2 Å². The minimum absolute atomic E-state index is 0.0404. The number of benzene rings is 1. The van der Waals surface area contributed by atoms with E-state index in [1.165, 1.54) is 5.56 Å². The maximum absolute atomic E-state index is 12.7. The number of imidazole rings is 1. The normalized spacial score (nSPS) is 13.2. The fourth-order valence-electron chi connectivity index (χ4n) is 3.78. The highest BCUT2D eigenvalue weighted by Crippen LogP contribution is 2.24. The van der Waals surface area contributed by atoms with E-state index in [9.17, 15) is 9.59 Å². The number of halogens is 1. The number of nitrogens with one attached hydrogen (secondary N) is 1. The van der Waals surface area contributed by atoms with Crippen LogP contribution in [0.1, 0.15) is 27.9 Å². The molecule has 0 spiro atoms. The van der Waals surface area contributed by atoms with Crippen molar-refractivity contribution in [2.75, 3.05) is 6.54 Å². The van der Waals surface area contributed by atoms with E-state index in [4.69, 9.17) is 11.6 Å². The van der Waals surface area contributed by atoms with Crippen LogP contribution in [0.25, 0.3) is 6.08 Å². The van der Waals surface area contributed by atoms with E-state index < -0.39 is 0 Å². The monoisotopic (exact) mass is 449 g/mol. The molecule has 0 fully saturated rings. The van der Waals surface area contributed by atoms with Crippen molar-refractivity contribution < 1.29 is 9.59 Å². The van der Waals surface area contributed by atoms with Gasteiger partial charge in [0.05, 0.1) is 6.33 Å². The third kappa shape index (κ3) is 5.23. The van der Waals surface area contributed by atoms with Gasteiger partial charge >= 0.3 is 0 Å². The van der Waals surface area contributed by atoms with Gasteiger partial charge in [0.2, 0.25) is 11.8 Å². The molecule has 7 nitrogen and oxygen atoms in total. The van der Waals surface area contributed by atoms with Crippen LogP contribution in [0.4, 0.5) is 0 Å². The Hall–Kier alpha value is -3.45. The standard InChI is InChI=1S/C24H24ClN5O2/c1-17-22(13-28-23(31)15-29-11-9-26-16-29)21-8-10-30(14-19(21)12-27-17)24(32)7-4-18-2-5-20(25)6-3-18/h2-7,9,11-12,16H,8,10,13-15H2,1H3,(H,28,31)/b7-4+. The fourth-order valence-corrected chi connectivity index (χ4v) is 3.91. The van der Waals surface area contributed by atoms with Crippen molar-refractivity contribution in [1.82, 2.24) is 24.8 Å². The van der Waals surface area contributed by atoms with E-state index in [0.717, 1.165) is 28.8 Å². The van der Waals surface area contributed by atoms with Gasteiger partial charge in [0.25, 0.3) is 0 Å². The number of nitrogens with zero attached hydrogens (tertiary/aromatic N) is 4. The minimum atomic E-state index is -0.0834. The number of aromatic nitrogens is 3. The summed E-state index contributed by atoms with van der Waals surface area (Å²) in [5.74, 6) is -0.124. The average molecular weight is 450 g/mol. The Morgan fingerprint density at radius 1 is 1.25 bits per heavy atom. The molecule has 1 aromatic carbocycles. The summed E-state index contributed by atoms with van der Waals surface area (Å²) in [5, 5.41) is 3.64. The molecule has 4 rings (SSSR count). The fraction of sp³-hybridized carbons (Fsp3) is 0.250. The average Bonchev–Trinajstić information content (AvgIpc) is 3.30. The van der Waals surface area contributed by atoms with Gasteiger partial charge in [-0.1, -0.05) is 23.7 Å². The molecule has 0 radical (unpaired) electrons. The van der Waals surface area contributed by atoms with Crippen LogP contribution in [-0.2, 0) is 35.6 Å². The summed E-state index contributed by atoms with van der Waals surface area (Å²) in [5.41, 5.74) is 5.05. The molecule has 2 amide bonds. The molecule has 8 heteroatoms. The zero-order chi connectivity index (χ0) is 22.5. The molecule has 164 valence electrons. The lowest BCUT2D eigenvalue weighted by Gasteiger charge is -2.30. The van der Waals surface area contributed by atoms with E-state index in [-0.39, 0.29) is 18.4 Å². The number of fused-ring (bicyclic) bond motifs is 1.